The number of carbonyl (C=O) groups is 1. The van der Waals surface area contributed by atoms with Gasteiger partial charge in [0, 0.05) is 16.9 Å². The number of hydrogen-bond donors (Lipinski definition) is 2. The third kappa shape index (κ3) is 3.02. The highest BCUT2D eigenvalue weighted by Gasteiger charge is 2.61. The van der Waals surface area contributed by atoms with Gasteiger partial charge in [-0.15, -0.1) is 11.3 Å². The standard InChI is InChI=1S/C18H19BrN2O5S/c19-14-8-27-16(20-14)18-11-25-17(9-22,10-23)6-13(18)7-26-21(18)15(24)12-4-2-1-3-5-12/h1-5,8,13,22-23H,6-7,9-11H2/t13-,18-/m0/s1. The van der Waals surface area contributed by atoms with Gasteiger partial charge in [0.15, 0.2) is 5.54 Å². The summed E-state index contributed by atoms with van der Waals surface area (Å²) in [5.41, 5.74) is -1.44. The van der Waals surface area contributed by atoms with Crippen molar-refractivity contribution in [1.82, 2.24) is 10.0 Å². The molecule has 2 atom stereocenters. The highest BCUT2D eigenvalue weighted by Crippen LogP contribution is 2.51. The molecule has 1 aromatic heterocycles. The van der Waals surface area contributed by atoms with E-state index in [4.69, 9.17) is 9.57 Å². The van der Waals surface area contributed by atoms with E-state index in [1.807, 2.05) is 11.4 Å². The van der Waals surface area contributed by atoms with Crippen molar-refractivity contribution < 1.29 is 24.6 Å². The minimum Gasteiger partial charge on any atom is -0.393 e. The minimum absolute atomic E-state index is 0.0807. The largest absolute Gasteiger partial charge is 0.393 e. The van der Waals surface area contributed by atoms with Crippen LogP contribution in [0.25, 0.3) is 0 Å². The van der Waals surface area contributed by atoms with Crippen LogP contribution >= 0.6 is 27.3 Å². The van der Waals surface area contributed by atoms with Gasteiger partial charge in [0.25, 0.3) is 5.91 Å². The second-order valence-corrected chi connectivity index (χ2v) is 8.52. The van der Waals surface area contributed by atoms with E-state index in [2.05, 4.69) is 20.9 Å². The average Bonchev–Trinajstić information content (AvgIpc) is 3.31. The lowest BCUT2D eigenvalue weighted by Gasteiger charge is -2.47. The number of ether oxygens (including phenoxy) is 1. The second-order valence-electron chi connectivity index (χ2n) is 6.85. The maximum atomic E-state index is 13.2. The van der Waals surface area contributed by atoms with Crippen LogP contribution in [-0.2, 0) is 15.1 Å². The minimum atomic E-state index is -1.04. The molecule has 1 amide bonds. The summed E-state index contributed by atoms with van der Waals surface area (Å²) in [6.45, 7) is -0.243. The first-order valence-corrected chi connectivity index (χ1v) is 10.2. The zero-order valence-electron chi connectivity index (χ0n) is 14.4. The molecule has 0 saturated carbocycles. The molecule has 0 aliphatic carbocycles. The van der Waals surface area contributed by atoms with Gasteiger partial charge in [0.05, 0.1) is 26.4 Å². The Morgan fingerprint density at radius 3 is 2.70 bits per heavy atom. The number of aliphatic hydroxyl groups excluding tert-OH is 2. The quantitative estimate of drug-likeness (QED) is 0.733. The van der Waals surface area contributed by atoms with Crippen LogP contribution in [-0.4, -0.2) is 58.2 Å². The molecule has 9 heteroatoms. The monoisotopic (exact) mass is 454 g/mol. The van der Waals surface area contributed by atoms with E-state index in [1.54, 1.807) is 24.3 Å². The normalized spacial score (nSPS) is 26.8. The van der Waals surface area contributed by atoms with E-state index in [1.165, 1.54) is 16.4 Å². The molecule has 4 rings (SSSR count). The maximum Gasteiger partial charge on any atom is 0.278 e. The van der Waals surface area contributed by atoms with Crippen LogP contribution in [0, 0.1) is 5.92 Å². The van der Waals surface area contributed by atoms with Crippen LogP contribution in [0.1, 0.15) is 21.8 Å². The van der Waals surface area contributed by atoms with Gasteiger partial charge < -0.3 is 14.9 Å². The lowest BCUT2D eigenvalue weighted by molar-refractivity contribution is -0.208. The fraction of sp³-hybridized carbons (Fsp3) is 0.444. The zero-order valence-corrected chi connectivity index (χ0v) is 16.8. The molecule has 2 aliphatic rings. The van der Waals surface area contributed by atoms with E-state index < -0.39 is 11.1 Å². The number of hydroxylamine groups is 2. The Morgan fingerprint density at radius 1 is 1.33 bits per heavy atom. The van der Waals surface area contributed by atoms with Crippen LogP contribution < -0.4 is 0 Å². The van der Waals surface area contributed by atoms with Gasteiger partial charge >= 0.3 is 0 Å². The number of rotatable bonds is 4. The molecular formula is C18H19BrN2O5S. The number of halogens is 1. The molecule has 0 bridgehead atoms. The summed E-state index contributed by atoms with van der Waals surface area (Å²) in [6.07, 6.45) is 0.357. The third-order valence-corrected chi connectivity index (χ3v) is 7.01. The van der Waals surface area contributed by atoms with E-state index >= 15 is 0 Å². The first kappa shape index (κ1) is 19.0. The van der Waals surface area contributed by atoms with Gasteiger partial charge in [-0.1, -0.05) is 18.2 Å². The van der Waals surface area contributed by atoms with Crippen molar-refractivity contribution >= 4 is 33.2 Å². The van der Waals surface area contributed by atoms with Crippen LogP contribution in [0.5, 0.6) is 0 Å². The lowest BCUT2D eigenvalue weighted by Crippen LogP contribution is -2.60. The molecular weight excluding hydrogens is 436 g/mol. The number of nitrogens with zero attached hydrogens (tertiary/aromatic N) is 2. The molecule has 1 aromatic carbocycles. The van der Waals surface area contributed by atoms with Gasteiger partial charge in [-0.05, 0) is 34.5 Å². The Hall–Kier alpha value is -1.36. The number of aliphatic hydroxyl groups is 2. The molecule has 0 unspecified atom stereocenters. The van der Waals surface area contributed by atoms with Crippen molar-refractivity contribution in [3.8, 4) is 0 Å². The molecule has 27 heavy (non-hydrogen) atoms. The maximum absolute atomic E-state index is 13.2. The summed E-state index contributed by atoms with van der Waals surface area (Å²) in [6, 6.07) is 8.92. The van der Waals surface area contributed by atoms with Crippen molar-refractivity contribution in [2.45, 2.75) is 17.6 Å². The van der Waals surface area contributed by atoms with Gasteiger partial charge in [-0.2, -0.15) is 0 Å². The smallest absolute Gasteiger partial charge is 0.278 e. The Bertz CT molecular complexity index is 828. The summed E-state index contributed by atoms with van der Waals surface area (Å²) in [7, 11) is 0. The van der Waals surface area contributed by atoms with Crippen molar-refractivity contribution in [2.24, 2.45) is 5.92 Å². The first-order chi connectivity index (χ1) is 13.0. The van der Waals surface area contributed by atoms with Crippen LogP contribution in [0.3, 0.4) is 0 Å². The number of hydrogen-bond acceptors (Lipinski definition) is 7. The molecule has 0 radical (unpaired) electrons. The number of carbonyl (C=O) groups excluding carboxylic acids is 1. The Balaban J connectivity index is 1.76. The summed E-state index contributed by atoms with van der Waals surface area (Å²) in [4.78, 5) is 23.6. The molecule has 2 saturated heterocycles. The number of benzene rings is 1. The number of fused-ring (bicyclic) bond motifs is 1. The third-order valence-electron chi connectivity index (χ3n) is 5.29. The van der Waals surface area contributed by atoms with Gasteiger partial charge in [0.1, 0.15) is 15.2 Å². The molecule has 7 nitrogen and oxygen atoms in total. The molecule has 0 spiro atoms. The van der Waals surface area contributed by atoms with Crippen LogP contribution in [0.2, 0.25) is 0 Å². The number of amides is 1. The average molecular weight is 455 g/mol. The molecule has 3 heterocycles. The highest BCUT2D eigenvalue weighted by atomic mass is 79.9. The predicted molar refractivity (Wildman–Crippen MR) is 101 cm³/mol. The van der Waals surface area contributed by atoms with Crippen LogP contribution in [0.15, 0.2) is 40.3 Å². The fourth-order valence-corrected chi connectivity index (χ4v) is 5.24. The van der Waals surface area contributed by atoms with Gasteiger partial charge in [0.2, 0.25) is 0 Å². The SMILES string of the molecule is O=C(c1ccccc1)N1OC[C@@H]2CC(CO)(CO)OC[C@@]21c1nc(Br)cs1. The van der Waals surface area contributed by atoms with E-state index in [0.29, 0.717) is 21.6 Å². The Kier molecular flexibility index (Phi) is 5.08. The van der Waals surface area contributed by atoms with Gasteiger partial charge in [-0.3, -0.25) is 9.63 Å². The van der Waals surface area contributed by atoms with Crippen molar-refractivity contribution in [2.75, 3.05) is 26.4 Å². The van der Waals surface area contributed by atoms with Crippen molar-refractivity contribution in [1.29, 1.82) is 0 Å². The first-order valence-electron chi connectivity index (χ1n) is 8.54. The van der Waals surface area contributed by atoms with E-state index in [0.717, 1.165) is 0 Å². The lowest BCUT2D eigenvalue weighted by atomic mass is 9.75. The summed E-state index contributed by atoms with van der Waals surface area (Å²) >= 11 is 4.80. The van der Waals surface area contributed by atoms with E-state index in [-0.39, 0.29) is 38.3 Å². The topological polar surface area (TPSA) is 92.1 Å². The Labute approximate surface area is 168 Å². The molecule has 144 valence electrons. The molecule has 2 aromatic rings. The van der Waals surface area contributed by atoms with Crippen molar-refractivity contribution in [3.63, 3.8) is 0 Å². The molecule has 2 aliphatic heterocycles. The molecule has 2 N–H and O–H groups in total. The summed E-state index contributed by atoms with van der Waals surface area (Å²) in [5, 5.41) is 23.4. The van der Waals surface area contributed by atoms with E-state index in [9.17, 15) is 15.0 Å². The Morgan fingerprint density at radius 2 is 2.07 bits per heavy atom. The fourth-order valence-electron chi connectivity index (χ4n) is 3.74. The summed E-state index contributed by atoms with van der Waals surface area (Å²) in [5.74, 6) is -0.440. The van der Waals surface area contributed by atoms with Gasteiger partial charge in [-0.25, -0.2) is 10.0 Å². The van der Waals surface area contributed by atoms with Crippen LogP contribution in [0.4, 0.5) is 0 Å². The predicted octanol–water partition coefficient (Wildman–Crippen LogP) is 1.95. The number of thiazole rings is 1. The van der Waals surface area contributed by atoms with Crippen molar-refractivity contribution in [3.05, 3.63) is 50.9 Å². The highest BCUT2D eigenvalue weighted by molar-refractivity contribution is 9.10. The molecule has 2 fully saturated rings. The number of aromatic nitrogens is 1. The second kappa shape index (κ2) is 7.23. The zero-order chi connectivity index (χ0) is 19.1. The summed E-state index contributed by atoms with van der Waals surface area (Å²) < 4.78 is 6.62.